The summed E-state index contributed by atoms with van der Waals surface area (Å²) in [6.45, 7) is 4.35. The van der Waals surface area contributed by atoms with E-state index in [1.165, 1.54) is 0 Å². The fraction of sp³-hybridized carbons (Fsp3) is 0.500. The lowest BCUT2D eigenvalue weighted by molar-refractivity contribution is -0.146. The van der Waals surface area contributed by atoms with Crippen LogP contribution in [0.4, 0.5) is 0 Å². The summed E-state index contributed by atoms with van der Waals surface area (Å²) in [5.41, 5.74) is 0.959. The van der Waals surface area contributed by atoms with Crippen LogP contribution < -0.4 is 14.8 Å². The Balaban J connectivity index is 2.51. The summed E-state index contributed by atoms with van der Waals surface area (Å²) in [6.07, 6.45) is -0.0928. The average molecular weight is 267 g/mol. The van der Waals surface area contributed by atoms with Gasteiger partial charge in [-0.15, -0.1) is 0 Å². The smallest absolute Gasteiger partial charge is 0.320 e. The topological polar surface area (TPSA) is 56.8 Å². The molecular weight excluding hydrogens is 246 g/mol. The molecular formula is C14H21NO4. The molecule has 1 aromatic carbocycles. The van der Waals surface area contributed by atoms with Gasteiger partial charge in [0.2, 0.25) is 0 Å². The normalized spacial score (nSPS) is 10.4. The Morgan fingerprint density at radius 3 is 2.58 bits per heavy atom. The second-order valence-electron chi connectivity index (χ2n) is 4.32. The van der Waals surface area contributed by atoms with E-state index in [-0.39, 0.29) is 18.6 Å². The maximum atomic E-state index is 11.4. The van der Waals surface area contributed by atoms with Crippen LogP contribution in [0.2, 0.25) is 0 Å². The van der Waals surface area contributed by atoms with E-state index >= 15 is 0 Å². The Labute approximate surface area is 113 Å². The Bertz CT molecular complexity index is 418. The molecule has 19 heavy (non-hydrogen) atoms. The molecule has 0 saturated carbocycles. The minimum Gasteiger partial charge on any atom is -0.497 e. The SMILES string of the molecule is COc1ccc(CNCC(=O)OC(C)C)c(OC)c1. The summed E-state index contributed by atoms with van der Waals surface area (Å²) in [4.78, 5) is 11.4. The number of hydrogen-bond acceptors (Lipinski definition) is 5. The first-order valence-electron chi connectivity index (χ1n) is 6.18. The van der Waals surface area contributed by atoms with E-state index in [2.05, 4.69) is 5.32 Å². The number of carbonyl (C=O) groups is 1. The van der Waals surface area contributed by atoms with Gasteiger partial charge in [0.1, 0.15) is 11.5 Å². The van der Waals surface area contributed by atoms with Crippen molar-refractivity contribution in [3.8, 4) is 11.5 Å². The first kappa shape index (κ1) is 15.3. The number of methoxy groups -OCH3 is 2. The molecule has 1 aromatic rings. The fourth-order valence-corrected chi connectivity index (χ4v) is 1.60. The third-order valence-corrected chi connectivity index (χ3v) is 2.45. The molecule has 0 amide bonds. The minimum absolute atomic E-state index is 0.0928. The molecule has 5 nitrogen and oxygen atoms in total. The van der Waals surface area contributed by atoms with Gasteiger partial charge in [0.25, 0.3) is 0 Å². The maximum Gasteiger partial charge on any atom is 0.320 e. The predicted molar refractivity (Wildman–Crippen MR) is 72.5 cm³/mol. The molecule has 0 spiro atoms. The lowest BCUT2D eigenvalue weighted by Gasteiger charge is -2.12. The van der Waals surface area contributed by atoms with Gasteiger partial charge in [-0.1, -0.05) is 6.07 Å². The molecule has 0 saturated heterocycles. The largest absolute Gasteiger partial charge is 0.497 e. The average Bonchev–Trinajstić information content (AvgIpc) is 2.38. The molecule has 5 heteroatoms. The lowest BCUT2D eigenvalue weighted by atomic mass is 10.2. The number of benzene rings is 1. The highest BCUT2D eigenvalue weighted by molar-refractivity contribution is 5.71. The molecule has 0 radical (unpaired) electrons. The van der Waals surface area contributed by atoms with Crippen LogP contribution in [0, 0.1) is 0 Å². The van der Waals surface area contributed by atoms with Crippen molar-refractivity contribution in [1.29, 1.82) is 0 Å². The second-order valence-corrected chi connectivity index (χ2v) is 4.32. The van der Waals surface area contributed by atoms with Crippen LogP contribution in [0.3, 0.4) is 0 Å². The van der Waals surface area contributed by atoms with Crippen LogP contribution in [-0.4, -0.2) is 32.8 Å². The summed E-state index contributed by atoms with van der Waals surface area (Å²) in [5, 5.41) is 3.02. The van der Waals surface area contributed by atoms with Crippen LogP contribution >= 0.6 is 0 Å². The van der Waals surface area contributed by atoms with Crippen molar-refractivity contribution in [1.82, 2.24) is 5.32 Å². The molecule has 0 heterocycles. The Morgan fingerprint density at radius 2 is 2.00 bits per heavy atom. The Morgan fingerprint density at radius 1 is 1.26 bits per heavy atom. The summed E-state index contributed by atoms with van der Waals surface area (Å²) < 4.78 is 15.4. The zero-order chi connectivity index (χ0) is 14.3. The number of ether oxygens (including phenoxy) is 3. The van der Waals surface area contributed by atoms with E-state index in [0.29, 0.717) is 6.54 Å². The van der Waals surface area contributed by atoms with Gasteiger partial charge in [0.15, 0.2) is 0 Å². The van der Waals surface area contributed by atoms with Gasteiger partial charge in [-0.25, -0.2) is 0 Å². The van der Waals surface area contributed by atoms with E-state index in [1.54, 1.807) is 14.2 Å². The molecule has 0 aromatic heterocycles. The zero-order valence-electron chi connectivity index (χ0n) is 11.9. The van der Waals surface area contributed by atoms with Crippen molar-refractivity contribution in [3.63, 3.8) is 0 Å². The van der Waals surface area contributed by atoms with E-state index in [9.17, 15) is 4.79 Å². The highest BCUT2D eigenvalue weighted by Gasteiger charge is 2.07. The van der Waals surface area contributed by atoms with E-state index < -0.39 is 0 Å². The molecule has 0 bridgehead atoms. The highest BCUT2D eigenvalue weighted by Crippen LogP contribution is 2.24. The van der Waals surface area contributed by atoms with Crippen LogP contribution in [0.1, 0.15) is 19.4 Å². The van der Waals surface area contributed by atoms with E-state index in [0.717, 1.165) is 17.1 Å². The maximum absolute atomic E-state index is 11.4. The molecule has 0 fully saturated rings. The first-order chi connectivity index (χ1) is 9.06. The van der Waals surface area contributed by atoms with Crippen molar-refractivity contribution in [2.45, 2.75) is 26.5 Å². The molecule has 1 rings (SSSR count). The molecule has 0 aliphatic rings. The van der Waals surface area contributed by atoms with Crippen LogP contribution in [0.15, 0.2) is 18.2 Å². The van der Waals surface area contributed by atoms with Crippen molar-refractivity contribution < 1.29 is 19.0 Å². The molecule has 0 unspecified atom stereocenters. The third-order valence-electron chi connectivity index (χ3n) is 2.45. The van der Waals surface area contributed by atoms with Gasteiger partial charge in [0.05, 0.1) is 26.9 Å². The molecule has 106 valence electrons. The van der Waals surface area contributed by atoms with Crippen LogP contribution in [0.25, 0.3) is 0 Å². The first-order valence-corrected chi connectivity index (χ1v) is 6.18. The van der Waals surface area contributed by atoms with Gasteiger partial charge in [-0.05, 0) is 19.9 Å². The van der Waals surface area contributed by atoms with Gasteiger partial charge in [-0.3, -0.25) is 4.79 Å². The standard InChI is InChI=1S/C14H21NO4/c1-10(2)19-14(16)9-15-8-11-5-6-12(17-3)7-13(11)18-4/h5-7,10,15H,8-9H2,1-4H3. The Hall–Kier alpha value is -1.75. The minimum atomic E-state index is -0.262. The van der Waals surface area contributed by atoms with E-state index in [4.69, 9.17) is 14.2 Å². The van der Waals surface area contributed by atoms with Crippen molar-refractivity contribution in [3.05, 3.63) is 23.8 Å². The van der Waals surface area contributed by atoms with Gasteiger partial charge in [0, 0.05) is 18.2 Å². The monoisotopic (exact) mass is 267 g/mol. The van der Waals surface area contributed by atoms with Crippen molar-refractivity contribution in [2.75, 3.05) is 20.8 Å². The number of carbonyl (C=O) groups excluding carboxylic acids is 1. The molecule has 0 aliphatic heterocycles. The quantitative estimate of drug-likeness (QED) is 0.763. The second kappa shape index (κ2) is 7.63. The molecule has 0 aliphatic carbocycles. The van der Waals surface area contributed by atoms with Crippen LogP contribution in [0.5, 0.6) is 11.5 Å². The van der Waals surface area contributed by atoms with Gasteiger partial charge >= 0.3 is 5.97 Å². The summed E-state index contributed by atoms with van der Waals surface area (Å²) in [7, 11) is 3.21. The number of hydrogen-bond donors (Lipinski definition) is 1. The van der Waals surface area contributed by atoms with Crippen molar-refractivity contribution in [2.24, 2.45) is 0 Å². The van der Waals surface area contributed by atoms with Gasteiger partial charge < -0.3 is 19.5 Å². The number of nitrogens with one attached hydrogen (secondary N) is 1. The molecule has 0 atom stereocenters. The fourth-order valence-electron chi connectivity index (χ4n) is 1.60. The van der Waals surface area contributed by atoms with Gasteiger partial charge in [-0.2, -0.15) is 0 Å². The predicted octanol–water partition coefficient (Wildman–Crippen LogP) is 1.75. The highest BCUT2D eigenvalue weighted by atomic mass is 16.5. The molecule has 1 N–H and O–H groups in total. The zero-order valence-corrected chi connectivity index (χ0v) is 11.9. The Kier molecular flexibility index (Phi) is 6.15. The number of rotatable bonds is 7. The lowest BCUT2D eigenvalue weighted by Crippen LogP contribution is -2.26. The third kappa shape index (κ3) is 5.18. The number of esters is 1. The summed E-state index contributed by atoms with van der Waals surface area (Å²) in [6, 6.07) is 5.56. The summed E-state index contributed by atoms with van der Waals surface area (Å²) >= 11 is 0. The van der Waals surface area contributed by atoms with Crippen molar-refractivity contribution >= 4 is 5.97 Å². The van der Waals surface area contributed by atoms with Crippen LogP contribution in [-0.2, 0) is 16.1 Å². The van der Waals surface area contributed by atoms with E-state index in [1.807, 2.05) is 32.0 Å². The summed E-state index contributed by atoms with van der Waals surface area (Å²) in [5.74, 6) is 1.20.